The van der Waals surface area contributed by atoms with Crippen LogP contribution in [0.5, 0.6) is 5.75 Å². The van der Waals surface area contributed by atoms with Crippen molar-refractivity contribution in [2.45, 2.75) is 57.5 Å². The van der Waals surface area contributed by atoms with Crippen LogP contribution < -0.4 is 15.4 Å². The van der Waals surface area contributed by atoms with E-state index in [0.29, 0.717) is 36.9 Å². The van der Waals surface area contributed by atoms with E-state index < -0.39 is 11.9 Å². The van der Waals surface area contributed by atoms with Crippen LogP contribution in [0.15, 0.2) is 42.5 Å². The molecule has 0 radical (unpaired) electrons. The van der Waals surface area contributed by atoms with Crippen molar-refractivity contribution in [1.82, 2.24) is 15.5 Å². The van der Waals surface area contributed by atoms with Crippen molar-refractivity contribution < 1.29 is 23.9 Å². The van der Waals surface area contributed by atoms with Crippen LogP contribution in [0.4, 0.5) is 0 Å². The molecular formula is C26H29N3O5. The van der Waals surface area contributed by atoms with E-state index in [2.05, 4.69) is 34.9 Å². The summed E-state index contributed by atoms with van der Waals surface area (Å²) in [6, 6.07) is 13.6. The van der Waals surface area contributed by atoms with Gasteiger partial charge in [0.1, 0.15) is 18.4 Å². The second kappa shape index (κ2) is 9.95. The summed E-state index contributed by atoms with van der Waals surface area (Å²) in [7, 11) is 0. The van der Waals surface area contributed by atoms with Gasteiger partial charge < -0.3 is 19.7 Å². The molecule has 2 aromatic carbocycles. The number of piperidine rings is 1. The van der Waals surface area contributed by atoms with E-state index in [4.69, 9.17) is 9.47 Å². The molecule has 0 aliphatic carbocycles. The van der Waals surface area contributed by atoms with E-state index in [1.54, 1.807) is 17.0 Å². The van der Waals surface area contributed by atoms with E-state index in [1.165, 1.54) is 5.56 Å². The summed E-state index contributed by atoms with van der Waals surface area (Å²) in [6.07, 6.45) is 2.68. The molecule has 0 bridgehead atoms. The lowest BCUT2D eigenvalue weighted by Crippen LogP contribution is -2.52. The molecule has 5 rings (SSSR count). The number of rotatable bonds is 7. The number of imide groups is 1. The number of benzene rings is 2. The normalized spacial score (nSPS) is 20.9. The van der Waals surface area contributed by atoms with Crippen LogP contribution in [0, 0.1) is 0 Å². The lowest BCUT2D eigenvalue weighted by atomic mass is 10.0. The predicted octanol–water partition coefficient (Wildman–Crippen LogP) is 2.30. The third-order valence-electron chi connectivity index (χ3n) is 6.77. The fourth-order valence-electron chi connectivity index (χ4n) is 4.77. The van der Waals surface area contributed by atoms with Crippen molar-refractivity contribution in [1.29, 1.82) is 0 Å². The molecule has 178 valence electrons. The highest BCUT2D eigenvalue weighted by atomic mass is 16.5. The molecule has 8 heteroatoms. The first-order valence-electron chi connectivity index (χ1n) is 11.9. The van der Waals surface area contributed by atoms with Gasteiger partial charge in [-0.25, -0.2) is 0 Å². The maximum absolute atomic E-state index is 13.0. The summed E-state index contributed by atoms with van der Waals surface area (Å²) in [6.45, 7) is 3.17. The quantitative estimate of drug-likeness (QED) is 0.612. The lowest BCUT2D eigenvalue weighted by Gasteiger charge is -2.29. The molecule has 34 heavy (non-hydrogen) atoms. The highest BCUT2D eigenvalue weighted by Crippen LogP contribution is 2.34. The molecular weight excluding hydrogens is 434 g/mol. The minimum Gasteiger partial charge on any atom is -0.489 e. The van der Waals surface area contributed by atoms with Crippen molar-refractivity contribution in [3.63, 3.8) is 0 Å². The Morgan fingerprint density at radius 1 is 1.00 bits per heavy atom. The maximum Gasteiger partial charge on any atom is 0.255 e. The van der Waals surface area contributed by atoms with E-state index >= 15 is 0 Å². The second-order valence-electron chi connectivity index (χ2n) is 9.05. The van der Waals surface area contributed by atoms with Gasteiger partial charge in [-0.15, -0.1) is 0 Å². The minimum atomic E-state index is -0.632. The first-order chi connectivity index (χ1) is 16.6. The highest BCUT2D eigenvalue weighted by Gasteiger charge is 2.40. The van der Waals surface area contributed by atoms with E-state index in [0.717, 1.165) is 43.7 Å². The molecule has 3 aliphatic rings. The predicted molar refractivity (Wildman–Crippen MR) is 124 cm³/mol. The van der Waals surface area contributed by atoms with Crippen LogP contribution in [0.2, 0.25) is 0 Å². The van der Waals surface area contributed by atoms with Gasteiger partial charge in [-0.1, -0.05) is 30.3 Å². The number of hydrogen-bond donors (Lipinski definition) is 2. The molecule has 2 fully saturated rings. The number of carbonyl (C=O) groups is 3. The molecule has 0 saturated carbocycles. The van der Waals surface area contributed by atoms with Gasteiger partial charge in [0, 0.05) is 43.3 Å². The van der Waals surface area contributed by atoms with Gasteiger partial charge in [-0.05, 0) is 42.5 Å². The van der Waals surface area contributed by atoms with Gasteiger partial charge in [0.2, 0.25) is 11.8 Å². The third-order valence-corrected chi connectivity index (χ3v) is 6.77. The summed E-state index contributed by atoms with van der Waals surface area (Å²) in [5.41, 5.74) is 3.60. The number of nitrogens with one attached hydrogen (secondary N) is 2. The lowest BCUT2D eigenvalue weighted by molar-refractivity contribution is -0.136. The summed E-state index contributed by atoms with van der Waals surface area (Å²) < 4.78 is 11.5. The van der Waals surface area contributed by atoms with Crippen LogP contribution in [0.1, 0.15) is 52.7 Å². The monoisotopic (exact) mass is 463 g/mol. The molecule has 8 nitrogen and oxygen atoms in total. The number of ether oxygens (including phenoxy) is 2. The summed E-state index contributed by atoms with van der Waals surface area (Å²) in [5, 5.41) is 5.92. The van der Waals surface area contributed by atoms with Gasteiger partial charge in [0.05, 0.1) is 6.54 Å². The van der Waals surface area contributed by atoms with Crippen LogP contribution >= 0.6 is 0 Å². The van der Waals surface area contributed by atoms with Crippen molar-refractivity contribution in [2.75, 3.05) is 13.2 Å². The van der Waals surface area contributed by atoms with E-state index in [-0.39, 0.29) is 18.2 Å². The van der Waals surface area contributed by atoms with Crippen LogP contribution in [-0.4, -0.2) is 47.9 Å². The number of carbonyl (C=O) groups excluding carboxylic acids is 3. The van der Waals surface area contributed by atoms with Crippen molar-refractivity contribution >= 4 is 17.7 Å². The Kier molecular flexibility index (Phi) is 6.60. The molecule has 2 N–H and O–H groups in total. The SMILES string of the molecule is O=C1CCC(N2Cc3c(OCc4ccc(CNC5CCOCC5)cc4)cccc3C2=O)C(=O)N1. The third kappa shape index (κ3) is 4.83. The standard InChI is InChI=1S/C26H29N3O5/c30-24-9-8-22(25(31)28-24)29-15-21-20(26(29)32)2-1-3-23(21)34-16-18-6-4-17(5-7-18)14-27-19-10-12-33-13-11-19/h1-7,19,22,27H,8-16H2,(H,28,30,31). The van der Waals surface area contributed by atoms with Crippen LogP contribution in [-0.2, 0) is 34.0 Å². The number of hydrogen-bond acceptors (Lipinski definition) is 6. The highest BCUT2D eigenvalue weighted by molar-refractivity contribution is 6.05. The van der Waals surface area contributed by atoms with Crippen molar-refractivity contribution in [3.8, 4) is 5.75 Å². The number of amides is 3. The molecule has 2 saturated heterocycles. The smallest absolute Gasteiger partial charge is 0.255 e. The fraction of sp³-hybridized carbons (Fsp3) is 0.423. The summed E-state index contributed by atoms with van der Waals surface area (Å²) in [4.78, 5) is 38.3. The minimum absolute atomic E-state index is 0.198. The Balaban J connectivity index is 1.19. The molecule has 0 aromatic heterocycles. The van der Waals surface area contributed by atoms with Gasteiger partial charge in [0.25, 0.3) is 5.91 Å². The zero-order valence-electron chi connectivity index (χ0n) is 19.0. The Bertz CT molecular complexity index is 1080. The van der Waals surface area contributed by atoms with Crippen LogP contribution in [0.25, 0.3) is 0 Å². The Hall–Kier alpha value is -3.23. The molecule has 2 aromatic rings. The van der Waals surface area contributed by atoms with Crippen LogP contribution in [0.3, 0.4) is 0 Å². The first-order valence-corrected chi connectivity index (χ1v) is 11.9. The molecule has 3 amide bonds. The number of nitrogens with zero attached hydrogens (tertiary/aromatic N) is 1. The molecule has 3 heterocycles. The maximum atomic E-state index is 13.0. The Morgan fingerprint density at radius 2 is 1.76 bits per heavy atom. The van der Waals surface area contributed by atoms with Gasteiger partial charge in [-0.3, -0.25) is 19.7 Å². The average molecular weight is 464 g/mol. The first kappa shape index (κ1) is 22.6. The van der Waals surface area contributed by atoms with Gasteiger partial charge >= 0.3 is 0 Å². The molecule has 1 unspecified atom stereocenters. The zero-order valence-corrected chi connectivity index (χ0v) is 19.0. The van der Waals surface area contributed by atoms with E-state index in [9.17, 15) is 14.4 Å². The fourth-order valence-corrected chi connectivity index (χ4v) is 4.77. The summed E-state index contributed by atoms with van der Waals surface area (Å²) in [5.74, 6) is -0.256. The Labute approximate surface area is 198 Å². The Morgan fingerprint density at radius 3 is 2.53 bits per heavy atom. The number of fused-ring (bicyclic) bond motifs is 1. The van der Waals surface area contributed by atoms with Gasteiger partial charge in [0.15, 0.2) is 0 Å². The average Bonchev–Trinajstić information content (AvgIpc) is 3.19. The van der Waals surface area contributed by atoms with Crippen molar-refractivity contribution in [2.24, 2.45) is 0 Å². The molecule has 1 atom stereocenters. The van der Waals surface area contributed by atoms with Gasteiger partial charge in [-0.2, -0.15) is 0 Å². The largest absolute Gasteiger partial charge is 0.489 e. The van der Waals surface area contributed by atoms with E-state index in [1.807, 2.05) is 6.07 Å². The second-order valence-corrected chi connectivity index (χ2v) is 9.05. The summed E-state index contributed by atoms with van der Waals surface area (Å²) >= 11 is 0. The van der Waals surface area contributed by atoms with Crippen molar-refractivity contribution in [3.05, 3.63) is 64.7 Å². The molecule has 0 spiro atoms. The molecule has 3 aliphatic heterocycles. The topological polar surface area (TPSA) is 97.0 Å². The zero-order chi connectivity index (χ0) is 23.5.